The van der Waals surface area contributed by atoms with E-state index in [9.17, 15) is 14.4 Å². The summed E-state index contributed by atoms with van der Waals surface area (Å²) in [6.07, 6.45) is 4.11. The fraction of sp³-hybridized carbons (Fsp3) is 0.167. The number of nitrogens with zero attached hydrogens (tertiary/aromatic N) is 3. The van der Waals surface area contributed by atoms with Gasteiger partial charge in [-0.1, -0.05) is 0 Å². The Hall–Kier alpha value is -2.70. The first kappa shape index (κ1) is 11.4. The highest BCUT2D eigenvalue weighted by atomic mass is 16.2. The molecule has 2 aromatic heterocycles. The Morgan fingerprint density at radius 2 is 2.16 bits per heavy atom. The Bertz CT molecular complexity index is 691. The molecule has 7 nitrogen and oxygen atoms in total. The molecule has 0 radical (unpaired) electrons. The average molecular weight is 258 g/mol. The number of pyridine rings is 1. The van der Waals surface area contributed by atoms with Crippen LogP contribution in [0.25, 0.3) is 5.52 Å². The summed E-state index contributed by atoms with van der Waals surface area (Å²) in [5.74, 6) is -0.273. The van der Waals surface area contributed by atoms with Gasteiger partial charge >= 0.3 is 6.03 Å². The lowest BCUT2D eigenvalue weighted by Crippen LogP contribution is -2.49. The Kier molecular flexibility index (Phi) is 2.52. The number of rotatable bonds is 2. The van der Waals surface area contributed by atoms with Gasteiger partial charge in [-0.3, -0.25) is 19.8 Å². The number of anilines is 1. The molecule has 7 heteroatoms. The van der Waals surface area contributed by atoms with Crippen molar-refractivity contribution in [2.45, 2.75) is 6.42 Å². The lowest BCUT2D eigenvalue weighted by atomic mass is 10.2. The molecule has 1 saturated heterocycles. The first-order valence-electron chi connectivity index (χ1n) is 5.73. The summed E-state index contributed by atoms with van der Waals surface area (Å²) >= 11 is 0. The number of carbonyl (C=O) groups excluding carboxylic acids is 3. The molecule has 96 valence electrons. The number of carbonyl (C=O) groups is 3. The van der Waals surface area contributed by atoms with Crippen LogP contribution in [0.15, 0.2) is 24.5 Å². The van der Waals surface area contributed by atoms with Gasteiger partial charge in [-0.15, -0.1) is 0 Å². The molecular weight excluding hydrogens is 248 g/mol. The molecule has 1 N–H and O–H groups in total. The van der Waals surface area contributed by atoms with Crippen LogP contribution in [0.2, 0.25) is 0 Å². The first-order valence-corrected chi connectivity index (χ1v) is 5.73. The second-order valence-corrected chi connectivity index (χ2v) is 4.19. The molecule has 3 rings (SSSR count). The Morgan fingerprint density at radius 3 is 2.89 bits per heavy atom. The largest absolute Gasteiger partial charge is 0.328 e. The molecule has 0 aliphatic carbocycles. The van der Waals surface area contributed by atoms with E-state index in [0.29, 0.717) is 23.3 Å². The number of hydrogen-bond acceptors (Lipinski definition) is 4. The fourth-order valence-corrected chi connectivity index (χ4v) is 2.05. The van der Waals surface area contributed by atoms with Gasteiger partial charge in [0.2, 0.25) is 5.91 Å². The quantitative estimate of drug-likeness (QED) is 0.799. The molecular formula is C12H10N4O3. The van der Waals surface area contributed by atoms with Crippen molar-refractivity contribution in [2.75, 3.05) is 11.4 Å². The van der Waals surface area contributed by atoms with Gasteiger partial charge in [0.1, 0.15) is 0 Å². The van der Waals surface area contributed by atoms with E-state index in [2.05, 4.69) is 10.4 Å². The van der Waals surface area contributed by atoms with Crippen molar-refractivity contribution in [1.29, 1.82) is 0 Å². The smallest absolute Gasteiger partial charge is 0.298 e. The molecule has 1 aliphatic rings. The van der Waals surface area contributed by atoms with Crippen LogP contribution in [0.5, 0.6) is 0 Å². The fourth-order valence-electron chi connectivity index (χ4n) is 2.05. The minimum absolute atomic E-state index is 0.266. The number of fused-ring (bicyclic) bond motifs is 1. The average Bonchev–Trinajstić information content (AvgIpc) is 2.80. The number of imide groups is 1. The molecule has 0 saturated carbocycles. The van der Waals surface area contributed by atoms with Gasteiger partial charge in [0.25, 0.3) is 0 Å². The summed E-state index contributed by atoms with van der Waals surface area (Å²) in [6.45, 7) is 0.331. The Balaban J connectivity index is 1.99. The standard InChI is InChI=1S/C12H10N4O3/c17-7-8-5-13-16-6-9(1-2-10(8)16)15-4-3-11(18)14-12(15)19/h1-2,5-7H,3-4H2,(H,14,18,19). The van der Waals surface area contributed by atoms with E-state index in [4.69, 9.17) is 0 Å². The molecule has 2 aromatic rings. The van der Waals surface area contributed by atoms with E-state index in [1.54, 1.807) is 18.3 Å². The molecule has 0 atom stereocenters. The highest BCUT2D eigenvalue weighted by molar-refractivity contribution is 6.05. The summed E-state index contributed by atoms with van der Waals surface area (Å²) in [4.78, 5) is 35.1. The van der Waals surface area contributed by atoms with Gasteiger partial charge in [-0.2, -0.15) is 5.10 Å². The van der Waals surface area contributed by atoms with Crippen LogP contribution in [0.4, 0.5) is 10.5 Å². The van der Waals surface area contributed by atoms with E-state index >= 15 is 0 Å². The maximum atomic E-state index is 11.7. The zero-order valence-corrected chi connectivity index (χ0v) is 9.87. The van der Waals surface area contributed by atoms with E-state index < -0.39 is 6.03 Å². The number of aldehydes is 1. The highest BCUT2D eigenvalue weighted by Gasteiger charge is 2.24. The number of aromatic nitrogens is 2. The summed E-state index contributed by atoms with van der Waals surface area (Å²) in [5, 5.41) is 6.30. The molecule has 0 unspecified atom stereocenters. The van der Waals surface area contributed by atoms with Crippen LogP contribution < -0.4 is 10.2 Å². The third-order valence-corrected chi connectivity index (χ3v) is 3.02. The highest BCUT2D eigenvalue weighted by Crippen LogP contribution is 2.19. The molecule has 19 heavy (non-hydrogen) atoms. The lowest BCUT2D eigenvalue weighted by molar-refractivity contribution is -0.120. The number of urea groups is 1. The second kappa shape index (κ2) is 4.20. The van der Waals surface area contributed by atoms with Crippen LogP contribution in [0, 0.1) is 0 Å². The van der Waals surface area contributed by atoms with E-state index in [-0.39, 0.29) is 12.3 Å². The van der Waals surface area contributed by atoms with Gasteiger partial charge in [-0.25, -0.2) is 9.31 Å². The first-order chi connectivity index (χ1) is 9.19. The number of nitrogens with one attached hydrogen (secondary N) is 1. The monoisotopic (exact) mass is 258 g/mol. The second-order valence-electron chi connectivity index (χ2n) is 4.19. The van der Waals surface area contributed by atoms with E-state index in [1.807, 2.05) is 0 Å². The predicted molar refractivity (Wildman–Crippen MR) is 66.1 cm³/mol. The minimum atomic E-state index is -0.446. The van der Waals surface area contributed by atoms with Gasteiger partial charge in [-0.05, 0) is 12.1 Å². The topological polar surface area (TPSA) is 83.8 Å². The minimum Gasteiger partial charge on any atom is -0.298 e. The zero-order valence-electron chi connectivity index (χ0n) is 9.87. The Morgan fingerprint density at radius 1 is 1.32 bits per heavy atom. The van der Waals surface area contributed by atoms with E-state index in [0.717, 1.165) is 6.29 Å². The molecule has 1 fully saturated rings. The molecule has 3 amide bonds. The van der Waals surface area contributed by atoms with Crippen molar-refractivity contribution in [2.24, 2.45) is 0 Å². The Labute approximate surface area is 107 Å². The summed E-state index contributed by atoms with van der Waals surface area (Å²) in [7, 11) is 0. The zero-order chi connectivity index (χ0) is 13.4. The van der Waals surface area contributed by atoms with Crippen LogP contribution in [-0.2, 0) is 4.79 Å². The maximum absolute atomic E-state index is 11.7. The van der Waals surface area contributed by atoms with Crippen molar-refractivity contribution in [3.8, 4) is 0 Å². The van der Waals surface area contributed by atoms with Crippen LogP contribution in [0.1, 0.15) is 16.8 Å². The van der Waals surface area contributed by atoms with Crippen molar-refractivity contribution >= 4 is 29.4 Å². The predicted octanol–water partition coefficient (Wildman–Crippen LogP) is 0.593. The number of hydrogen-bond donors (Lipinski definition) is 1. The molecule has 1 aliphatic heterocycles. The van der Waals surface area contributed by atoms with Crippen LogP contribution in [0.3, 0.4) is 0 Å². The summed E-state index contributed by atoms with van der Waals surface area (Å²) in [6, 6.07) is 2.99. The normalized spacial score (nSPS) is 15.7. The molecule has 0 aromatic carbocycles. The van der Waals surface area contributed by atoms with Crippen molar-refractivity contribution in [1.82, 2.24) is 14.9 Å². The van der Waals surface area contributed by atoms with Crippen LogP contribution >= 0.6 is 0 Å². The van der Waals surface area contributed by atoms with Crippen molar-refractivity contribution in [3.05, 3.63) is 30.1 Å². The number of amides is 3. The summed E-state index contributed by atoms with van der Waals surface area (Å²) in [5.41, 5.74) is 1.79. The summed E-state index contributed by atoms with van der Waals surface area (Å²) < 4.78 is 1.53. The maximum Gasteiger partial charge on any atom is 0.328 e. The molecule has 0 spiro atoms. The van der Waals surface area contributed by atoms with Crippen molar-refractivity contribution in [3.63, 3.8) is 0 Å². The third kappa shape index (κ3) is 1.85. The van der Waals surface area contributed by atoms with E-state index in [1.165, 1.54) is 15.6 Å². The van der Waals surface area contributed by atoms with Gasteiger partial charge in [0.15, 0.2) is 6.29 Å². The molecule has 0 bridgehead atoms. The van der Waals surface area contributed by atoms with Crippen molar-refractivity contribution < 1.29 is 14.4 Å². The lowest BCUT2D eigenvalue weighted by Gasteiger charge is -2.26. The molecule has 3 heterocycles. The van der Waals surface area contributed by atoms with Gasteiger partial charge in [0, 0.05) is 13.0 Å². The van der Waals surface area contributed by atoms with Crippen LogP contribution in [-0.4, -0.2) is 34.4 Å². The SMILES string of the molecule is O=Cc1cnn2cc(N3CCC(=O)NC3=O)ccc12. The van der Waals surface area contributed by atoms with Gasteiger partial charge in [0.05, 0.1) is 29.2 Å². The van der Waals surface area contributed by atoms with Gasteiger partial charge < -0.3 is 0 Å². The third-order valence-electron chi connectivity index (χ3n) is 3.02.